The molecule has 20 heavy (non-hydrogen) atoms. The zero-order chi connectivity index (χ0) is 14.5. The molecule has 0 saturated carbocycles. The molecule has 0 aromatic heterocycles. The van der Waals surface area contributed by atoms with E-state index in [2.05, 4.69) is 0 Å². The van der Waals surface area contributed by atoms with Gasteiger partial charge in [-0.25, -0.2) is 0 Å². The molecule has 1 N–H and O–H groups in total. The molecule has 108 valence electrons. The number of nitrogens with zero attached hydrogens (tertiary/aromatic N) is 1. The van der Waals surface area contributed by atoms with Gasteiger partial charge in [0.2, 0.25) is 5.91 Å². The summed E-state index contributed by atoms with van der Waals surface area (Å²) in [5.41, 5.74) is 0. The lowest BCUT2D eigenvalue weighted by Gasteiger charge is -2.37. The predicted molar refractivity (Wildman–Crippen MR) is 78.7 cm³/mol. The summed E-state index contributed by atoms with van der Waals surface area (Å²) in [7, 11) is 0. The summed E-state index contributed by atoms with van der Waals surface area (Å²) in [4.78, 5) is 26.2. The lowest BCUT2D eigenvalue weighted by atomic mass is 9.90. The van der Waals surface area contributed by atoms with E-state index in [9.17, 15) is 14.7 Å². The standard InChI is InChI=1S/C15H19NO3S/c1-11-13(15(18)19)8-5-9-16(11)14(17)10-20-12-6-3-2-4-7-12/h2-4,6-7,11,13H,5,8-10H2,1H3,(H,18,19)/t11-,13-/m1/s1. The molecule has 1 fully saturated rings. The van der Waals surface area contributed by atoms with E-state index in [0.717, 1.165) is 11.3 Å². The van der Waals surface area contributed by atoms with Gasteiger partial charge in [-0.1, -0.05) is 18.2 Å². The largest absolute Gasteiger partial charge is 0.481 e. The maximum Gasteiger partial charge on any atom is 0.308 e. The summed E-state index contributed by atoms with van der Waals surface area (Å²) < 4.78 is 0. The molecule has 1 aliphatic heterocycles. The Morgan fingerprint density at radius 3 is 2.70 bits per heavy atom. The summed E-state index contributed by atoms with van der Waals surface area (Å²) in [5, 5.41) is 9.17. The number of piperidine rings is 1. The first-order chi connectivity index (χ1) is 9.59. The quantitative estimate of drug-likeness (QED) is 0.867. The minimum atomic E-state index is -0.800. The first-order valence-electron chi connectivity index (χ1n) is 6.79. The maximum absolute atomic E-state index is 12.3. The highest BCUT2D eigenvalue weighted by atomic mass is 32.2. The first-order valence-corrected chi connectivity index (χ1v) is 7.78. The highest BCUT2D eigenvalue weighted by Crippen LogP contribution is 2.25. The smallest absolute Gasteiger partial charge is 0.308 e. The third kappa shape index (κ3) is 3.54. The Kier molecular flexibility index (Phi) is 5.06. The average Bonchev–Trinajstić information content (AvgIpc) is 2.46. The van der Waals surface area contributed by atoms with Crippen LogP contribution in [0.1, 0.15) is 19.8 Å². The van der Waals surface area contributed by atoms with Crippen LogP contribution >= 0.6 is 11.8 Å². The van der Waals surface area contributed by atoms with E-state index < -0.39 is 11.9 Å². The molecule has 0 spiro atoms. The summed E-state index contributed by atoms with van der Waals surface area (Å²) in [6.45, 7) is 2.50. The van der Waals surface area contributed by atoms with E-state index in [0.29, 0.717) is 18.7 Å². The van der Waals surface area contributed by atoms with Crippen molar-refractivity contribution in [3.05, 3.63) is 30.3 Å². The van der Waals surface area contributed by atoms with Crippen LogP contribution in [-0.4, -0.2) is 40.2 Å². The third-order valence-corrected chi connectivity index (χ3v) is 4.73. The van der Waals surface area contributed by atoms with Crippen LogP contribution in [0, 0.1) is 5.92 Å². The molecular weight excluding hydrogens is 274 g/mol. The minimum Gasteiger partial charge on any atom is -0.481 e. The van der Waals surface area contributed by atoms with Crippen molar-refractivity contribution < 1.29 is 14.7 Å². The predicted octanol–water partition coefficient (Wildman–Crippen LogP) is 2.49. The second-order valence-electron chi connectivity index (χ2n) is 5.02. The fraction of sp³-hybridized carbons (Fsp3) is 0.467. The van der Waals surface area contributed by atoms with Gasteiger partial charge in [0, 0.05) is 17.5 Å². The van der Waals surface area contributed by atoms with E-state index in [4.69, 9.17) is 0 Å². The number of hydrogen-bond donors (Lipinski definition) is 1. The third-order valence-electron chi connectivity index (χ3n) is 3.73. The molecule has 1 aromatic carbocycles. The number of carbonyl (C=O) groups is 2. The van der Waals surface area contributed by atoms with Crippen LogP contribution < -0.4 is 0 Å². The Bertz CT molecular complexity index is 477. The SMILES string of the molecule is C[C@@H]1[C@H](C(=O)O)CCCN1C(=O)CSc1ccccc1. The number of hydrogen-bond acceptors (Lipinski definition) is 3. The number of rotatable bonds is 4. The summed E-state index contributed by atoms with van der Waals surface area (Å²) in [5.74, 6) is -0.849. The number of aliphatic carboxylic acids is 1. The van der Waals surface area contributed by atoms with Crippen LogP contribution in [0.15, 0.2) is 35.2 Å². The fourth-order valence-corrected chi connectivity index (χ4v) is 3.38. The van der Waals surface area contributed by atoms with Gasteiger partial charge < -0.3 is 10.0 Å². The molecule has 1 heterocycles. The Balaban J connectivity index is 1.93. The molecule has 0 unspecified atom stereocenters. The van der Waals surface area contributed by atoms with Crippen LogP contribution in [0.4, 0.5) is 0 Å². The Hall–Kier alpha value is -1.49. The zero-order valence-electron chi connectivity index (χ0n) is 11.5. The topological polar surface area (TPSA) is 57.6 Å². The molecule has 2 atom stereocenters. The Labute approximate surface area is 123 Å². The van der Waals surface area contributed by atoms with Crippen LogP contribution in [0.5, 0.6) is 0 Å². The average molecular weight is 293 g/mol. The number of likely N-dealkylation sites (tertiary alicyclic amines) is 1. The molecule has 0 aliphatic carbocycles. The second kappa shape index (κ2) is 6.79. The van der Waals surface area contributed by atoms with Crippen molar-refractivity contribution in [1.82, 2.24) is 4.90 Å². The van der Waals surface area contributed by atoms with E-state index in [1.54, 1.807) is 4.90 Å². The maximum atomic E-state index is 12.3. The monoisotopic (exact) mass is 293 g/mol. The molecule has 0 bridgehead atoms. The van der Waals surface area contributed by atoms with Gasteiger partial charge in [-0.15, -0.1) is 11.8 Å². The van der Waals surface area contributed by atoms with E-state index in [-0.39, 0.29) is 11.9 Å². The Morgan fingerprint density at radius 1 is 1.35 bits per heavy atom. The van der Waals surface area contributed by atoms with Crippen molar-refractivity contribution in [2.24, 2.45) is 5.92 Å². The van der Waals surface area contributed by atoms with Crippen molar-refractivity contribution in [3.63, 3.8) is 0 Å². The lowest BCUT2D eigenvalue weighted by molar-refractivity contribution is -0.148. The summed E-state index contributed by atoms with van der Waals surface area (Å²) in [6.07, 6.45) is 1.43. The van der Waals surface area contributed by atoms with Gasteiger partial charge in [0.15, 0.2) is 0 Å². The number of carboxylic acids is 1. The normalized spacial score (nSPS) is 22.6. The second-order valence-corrected chi connectivity index (χ2v) is 6.07. The lowest BCUT2D eigenvalue weighted by Crippen LogP contribution is -2.49. The van der Waals surface area contributed by atoms with Gasteiger partial charge in [-0.05, 0) is 31.9 Å². The van der Waals surface area contributed by atoms with Crippen molar-refractivity contribution in [2.75, 3.05) is 12.3 Å². The fourth-order valence-electron chi connectivity index (χ4n) is 2.57. The van der Waals surface area contributed by atoms with Crippen LogP contribution in [-0.2, 0) is 9.59 Å². The van der Waals surface area contributed by atoms with E-state index in [1.807, 2.05) is 37.3 Å². The van der Waals surface area contributed by atoms with Crippen LogP contribution in [0.3, 0.4) is 0 Å². The molecule has 5 heteroatoms. The highest BCUT2D eigenvalue weighted by Gasteiger charge is 2.34. The minimum absolute atomic E-state index is 0.0253. The van der Waals surface area contributed by atoms with Gasteiger partial charge in [-0.2, -0.15) is 0 Å². The zero-order valence-corrected chi connectivity index (χ0v) is 12.3. The highest BCUT2D eigenvalue weighted by molar-refractivity contribution is 8.00. The molecule has 1 amide bonds. The van der Waals surface area contributed by atoms with Crippen molar-refractivity contribution in [1.29, 1.82) is 0 Å². The van der Waals surface area contributed by atoms with Crippen LogP contribution in [0.25, 0.3) is 0 Å². The molecular formula is C15H19NO3S. The molecule has 1 aliphatic rings. The molecule has 0 radical (unpaired) electrons. The Morgan fingerprint density at radius 2 is 2.05 bits per heavy atom. The summed E-state index contributed by atoms with van der Waals surface area (Å²) >= 11 is 1.50. The van der Waals surface area contributed by atoms with Gasteiger partial charge >= 0.3 is 5.97 Å². The van der Waals surface area contributed by atoms with Crippen molar-refractivity contribution in [2.45, 2.75) is 30.7 Å². The molecule has 2 rings (SSSR count). The van der Waals surface area contributed by atoms with Gasteiger partial charge in [0.05, 0.1) is 11.7 Å². The van der Waals surface area contributed by atoms with E-state index in [1.165, 1.54) is 11.8 Å². The van der Waals surface area contributed by atoms with Crippen LogP contribution in [0.2, 0.25) is 0 Å². The first kappa shape index (κ1) is 14.9. The van der Waals surface area contributed by atoms with Gasteiger partial charge in [0.1, 0.15) is 0 Å². The number of amides is 1. The number of thioether (sulfide) groups is 1. The molecule has 1 saturated heterocycles. The molecule has 4 nitrogen and oxygen atoms in total. The van der Waals surface area contributed by atoms with Gasteiger partial charge in [-0.3, -0.25) is 9.59 Å². The van der Waals surface area contributed by atoms with Crippen molar-refractivity contribution >= 4 is 23.6 Å². The summed E-state index contributed by atoms with van der Waals surface area (Å²) in [6, 6.07) is 9.55. The number of benzene rings is 1. The number of carboxylic acid groups (broad SMARTS) is 1. The van der Waals surface area contributed by atoms with Crippen molar-refractivity contribution in [3.8, 4) is 0 Å². The van der Waals surface area contributed by atoms with Gasteiger partial charge in [0.25, 0.3) is 0 Å². The number of carbonyl (C=O) groups excluding carboxylic acids is 1. The molecule has 1 aromatic rings. The van der Waals surface area contributed by atoms with E-state index >= 15 is 0 Å².